The number of aliphatic hydroxyl groups is 1. The van der Waals surface area contributed by atoms with Crippen LogP contribution in [0, 0.1) is 5.82 Å². The number of aromatic nitrogens is 3. The Hall–Kier alpha value is -3.82. The molecule has 2 aromatic carbocycles. The van der Waals surface area contributed by atoms with Gasteiger partial charge in [-0.25, -0.2) is 9.37 Å². The lowest BCUT2D eigenvalue weighted by molar-refractivity contribution is 0.0868. The van der Waals surface area contributed by atoms with Crippen LogP contribution in [0.25, 0.3) is 32.2 Å². The van der Waals surface area contributed by atoms with Crippen molar-refractivity contribution in [2.75, 3.05) is 0 Å². The Morgan fingerprint density at radius 3 is 2.86 bits per heavy atom. The molecule has 1 saturated carbocycles. The van der Waals surface area contributed by atoms with Gasteiger partial charge in [-0.3, -0.25) is 9.48 Å². The minimum Gasteiger partial charge on any atom is -0.453 e. The second-order valence-electron chi connectivity index (χ2n) is 9.01. The number of hydrogen-bond donors (Lipinski definition) is 2. The first-order valence-electron chi connectivity index (χ1n) is 11.7. The number of halogens is 1. The molecule has 0 aliphatic heterocycles. The summed E-state index contributed by atoms with van der Waals surface area (Å²) in [5.41, 5.74) is 3.18. The molecule has 1 fully saturated rings. The number of carbonyl (C=O) groups excluding carboxylic acids is 1. The quantitative estimate of drug-likeness (QED) is 0.335. The molecular formula is C27H23FN4O3S. The summed E-state index contributed by atoms with van der Waals surface area (Å²) in [6.45, 7) is 0. The lowest BCUT2D eigenvalue weighted by atomic mass is 10.0. The normalized spacial score (nSPS) is 17.6. The molecule has 36 heavy (non-hydrogen) atoms. The summed E-state index contributed by atoms with van der Waals surface area (Å²) < 4.78 is 23.7. The van der Waals surface area contributed by atoms with Crippen LogP contribution in [-0.4, -0.2) is 37.9 Å². The molecule has 7 nitrogen and oxygen atoms in total. The van der Waals surface area contributed by atoms with E-state index in [4.69, 9.17) is 4.74 Å². The third-order valence-electron chi connectivity index (χ3n) is 6.53. The zero-order valence-electron chi connectivity index (χ0n) is 19.4. The molecule has 1 aliphatic carbocycles. The van der Waals surface area contributed by atoms with E-state index in [1.165, 1.54) is 23.5 Å². The van der Waals surface area contributed by atoms with Gasteiger partial charge in [0.2, 0.25) is 0 Å². The number of aryl methyl sites for hydroxylation is 1. The van der Waals surface area contributed by atoms with Gasteiger partial charge in [0.1, 0.15) is 11.4 Å². The van der Waals surface area contributed by atoms with Crippen molar-refractivity contribution in [1.29, 1.82) is 0 Å². The second kappa shape index (κ2) is 9.00. The van der Waals surface area contributed by atoms with Crippen molar-refractivity contribution in [3.63, 3.8) is 0 Å². The summed E-state index contributed by atoms with van der Waals surface area (Å²) in [6, 6.07) is 13.6. The van der Waals surface area contributed by atoms with Crippen molar-refractivity contribution < 1.29 is 19.0 Å². The number of hydrogen-bond acceptors (Lipinski definition) is 6. The number of carbonyl (C=O) groups is 1. The van der Waals surface area contributed by atoms with Crippen molar-refractivity contribution in [3.8, 4) is 22.6 Å². The van der Waals surface area contributed by atoms with E-state index in [0.717, 1.165) is 34.0 Å². The molecule has 6 rings (SSSR count). The highest BCUT2D eigenvalue weighted by Crippen LogP contribution is 2.37. The molecule has 1 amide bonds. The maximum Gasteiger partial charge on any atom is 0.270 e. The molecule has 182 valence electrons. The lowest BCUT2D eigenvalue weighted by Gasteiger charge is -2.16. The van der Waals surface area contributed by atoms with Crippen LogP contribution in [0.3, 0.4) is 0 Å². The average Bonchev–Trinajstić information content (AvgIpc) is 3.59. The fourth-order valence-electron chi connectivity index (χ4n) is 4.75. The first-order valence-corrected chi connectivity index (χ1v) is 12.6. The molecule has 0 saturated heterocycles. The van der Waals surface area contributed by atoms with Crippen molar-refractivity contribution in [2.24, 2.45) is 7.05 Å². The largest absolute Gasteiger partial charge is 0.453 e. The van der Waals surface area contributed by atoms with E-state index in [9.17, 15) is 9.90 Å². The topological polar surface area (TPSA) is 89.3 Å². The maximum absolute atomic E-state index is 15.3. The summed E-state index contributed by atoms with van der Waals surface area (Å²) >= 11 is 1.41. The van der Waals surface area contributed by atoms with Crippen molar-refractivity contribution in [1.82, 2.24) is 20.1 Å². The molecule has 1 aliphatic rings. The summed E-state index contributed by atoms with van der Waals surface area (Å²) in [5.74, 6) is -0.502. The Kier molecular flexibility index (Phi) is 5.66. The van der Waals surface area contributed by atoms with E-state index < -0.39 is 11.9 Å². The monoisotopic (exact) mass is 502 g/mol. The molecule has 5 aromatic rings. The number of ether oxygens (including phenoxy) is 1. The summed E-state index contributed by atoms with van der Waals surface area (Å²) in [4.78, 5) is 17.3. The van der Waals surface area contributed by atoms with Crippen molar-refractivity contribution in [3.05, 3.63) is 71.6 Å². The van der Waals surface area contributed by atoms with Crippen LogP contribution in [0.15, 0.2) is 60.1 Å². The van der Waals surface area contributed by atoms with Gasteiger partial charge in [0, 0.05) is 24.7 Å². The number of thiophene rings is 1. The van der Waals surface area contributed by atoms with Crippen LogP contribution < -0.4 is 10.1 Å². The number of nitrogens with zero attached hydrogens (tertiary/aromatic N) is 3. The van der Waals surface area contributed by atoms with Gasteiger partial charge in [0.15, 0.2) is 11.6 Å². The molecule has 0 bridgehead atoms. The van der Waals surface area contributed by atoms with Crippen molar-refractivity contribution in [2.45, 2.75) is 31.4 Å². The van der Waals surface area contributed by atoms with Gasteiger partial charge in [-0.1, -0.05) is 18.2 Å². The fourth-order valence-corrected chi connectivity index (χ4v) is 5.54. The smallest absolute Gasteiger partial charge is 0.270 e. The van der Waals surface area contributed by atoms with Gasteiger partial charge >= 0.3 is 0 Å². The zero-order chi connectivity index (χ0) is 24.8. The number of benzene rings is 2. The Balaban J connectivity index is 1.31. The molecule has 0 unspecified atom stereocenters. The van der Waals surface area contributed by atoms with E-state index in [1.54, 1.807) is 16.8 Å². The molecule has 0 spiro atoms. The standard InChI is InChI=1S/C27H23FN4O3S/c1-32-14-17-16(4-2-5-19(17)31-32)15-8-9-24(18(28)12-15)35-25-13-22(29-21-10-11-36-26(21)25)27(34)30-20-6-3-7-23(20)33/h2,4-5,8-14,20,23,33H,3,6-7H2,1H3,(H,30,34)/t20-,23-/m0/s1. The van der Waals surface area contributed by atoms with E-state index in [-0.39, 0.29) is 23.4 Å². The van der Waals surface area contributed by atoms with E-state index in [1.807, 2.05) is 42.9 Å². The number of amides is 1. The van der Waals surface area contributed by atoms with Crippen LogP contribution in [-0.2, 0) is 7.05 Å². The van der Waals surface area contributed by atoms with Crippen LogP contribution in [0.5, 0.6) is 11.5 Å². The van der Waals surface area contributed by atoms with E-state index in [0.29, 0.717) is 23.3 Å². The number of aliphatic hydroxyl groups excluding tert-OH is 1. The van der Waals surface area contributed by atoms with Gasteiger partial charge in [0.25, 0.3) is 5.91 Å². The van der Waals surface area contributed by atoms with Gasteiger partial charge in [0.05, 0.1) is 27.9 Å². The maximum atomic E-state index is 15.3. The van der Waals surface area contributed by atoms with Gasteiger partial charge < -0.3 is 15.2 Å². The van der Waals surface area contributed by atoms with Gasteiger partial charge in [-0.05, 0) is 60.0 Å². The first kappa shape index (κ1) is 22.6. The van der Waals surface area contributed by atoms with Crippen molar-refractivity contribution >= 4 is 38.4 Å². The molecule has 3 aromatic heterocycles. The SMILES string of the molecule is Cn1cc2c(-c3ccc(Oc4cc(C(=O)N[C@H]5CCC[C@@H]5O)nc5ccsc45)c(F)c3)cccc2n1. The Labute approximate surface area is 210 Å². The van der Waals surface area contributed by atoms with Gasteiger partial charge in [-0.15, -0.1) is 11.3 Å². The minimum atomic E-state index is -0.556. The predicted octanol–water partition coefficient (Wildman–Crippen LogP) is 5.42. The molecule has 3 heterocycles. The molecule has 9 heteroatoms. The van der Waals surface area contributed by atoms with Crippen LogP contribution in [0.2, 0.25) is 0 Å². The van der Waals surface area contributed by atoms with E-state index >= 15 is 4.39 Å². The predicted molar refractivity (Wildman–Crippen MR) is 137 cm³/mol. The number of pyridine rings is 1. The molecule has 2 atom stereocenters. The summed E-state index contributed by atoms with van der Waals surface area (Å²) in [5, 5.41) is 20.1. The Morgan fingerprint density at radius 1 is 1.17 bits per heavy atom. The molecular weight excluding hydrogens is 479 g/mol. The Morgan fingerprint density at radius 2 is 2.06 bits per heavy atom. The molecule has 0 radical (unpaired) electrons. The lowest BCUT2D eigenvalue weighted by Crippen LogP contribution is -2.40. The number of rotatable bonds is 5. The zero-order valence-corrected chi connectivity index (χ0v) is 20.3. The average molecular weight is 503 g/mol. The summed E-state index contributed by atoms with van der Waals surface area (Å²) in [7, 11) is 1.85. The third kappa shape index (κ3) is 4.10. The Bertz CT molecular complexity index is 1610. The fraction of sp³-hybridized carbons (Fsp3) is 0.222. The highest BCUT2D eigenvalue weighted by atomic mass is 32.1. The van der Waals surface area contributed by atoms with Crippen LogP contribution >= 0.6 is 11.3 Å². The number of fused-ring (bicyclic) bond motifs is 2. The van der Waals surface area contributed by atoms with Crippen LogP contribution in [0.1, 0.15) is 29.8 Å². The highest BCUT2D eigenvalue weighted by Gasteiger charge is 2.27. The first-order chi connectivity index (χ1) is 17.5. The second-order valence-corrected chi connectivity index (χ2v) is 9.92. The third-order valence-corrected chi connectivity index (χ3v) is 7.45. The van der Waals surface area contributed by atoms with Gasteiger partial charge in [-0.2, -0.15) is 5.10 Å². The summed E-state index contributed by atoms with van der Waals surface area (Å²) in [6.07, 6.45) is 3.61. The highest BCUT2D eigenvalue weighted by molar-refractivity contribution is 7.17. The van der Waals surface area contributed by atoms with E-state index in [2.05, 4.69) is 15.4 Å². The van der Waals surface area contributed by atoms with Crippen LogP contribution in [0.4, 0.5) is 4.39 Å². The molecule has 2 N–H and O–H groups in total. The minimum absolute atomic E-state index is 0.0515. The number of nitrogens with one attached hydrogen (secondary N) is 1.